The molecular formula is C14H24N2O3. The number of rotatable bonds is 6. The van der Waals surface area contributed by atoms with Gasteiger partial charge < -0.3 is 15.7 Å². The van der Waals surface area contributed by atoms with Crippen molar-refractivity contribution in [3.8, 4) is 0 Å². The minimum Gasteiger partial charge on any atom is -0.481 e. The van der Waals surface area contributed by atoms with E-state index in [1.165, 1.54) is 19.3 Å². The summed E-state index contributed by atoms with van der Waals surface area (Å²) in [6.45, 7) is 1.92. The lowest BCUT2D eigenvalue weighted by atomic mass is 9.95. The Balaban J connectivity index is 1.62. The first-order chi connectivity index (χ1) is 9.04. The van der Waals surface area contributed by atoms with Gasteiger partial charge in [0.15, 0.2) is 0 Å². The van der Waals surface area contributed by atoms with Crippen LogP contribution in [0.4, 0.5) is 4.79 Å². The fourth-order valence-corrected chi connectivity index (χ4v) is 3.49. The van der Waals surface area contributed by atoms with Crippen LogP contribution in [-0.2, 0) is 4.79 Å². The first-order valence-electron chi connectivity index (χ1n) is 7.33. The molecular weight excluding hydrogens is 244 g/mol. The number of fused-ring (bicyclic) bond motifs is 2. The maximum atomic E-state index is 11.8. The summed E-state index contributed by atoms with van der Waals surface area (Å²) in [5.74, 6) is 0.722. The smallest absolute Gasteiger partial charge is 0.315 e. The molecule has 0 heterocycles. The second-order valence-corrected chi connectivity index (χ2v) is 6.09. The summed E-state index contributed by atoms with van der Waals surface area (Å²) in [4.78, 5) is 22.3. The standard InChI is InChI=1S/C14H24N2O3/c1-9(3-2-4-13(17)18)15-14(19)16-12-8-10-5-6-11(12)7-10/h9-12H,2-8H2,1H3,(H,17,18)(H2,15,16,19). The molecule has 4 atom stereocenters. The lowest BCUT2D eigenvalue weighted by Crippen LogP contribution is -2.47. The predicted molar refractivity (Wildman–Crippen MR) is 71.9 cm³/mol. The van der Waals surface area contributed by atoms with Crippen LogP contribution >= 0.6 is 0 Å². The Morgan fingerprint density at radius 2 is 2.11 bits per heavy atom. The van der Waals surface area contributed by atoms with Gasteiger partial charge >= 0.3 is 12.0 Å². The molecule has 0 radical (unpaired) electrons. The molecule has 108 valence electrons. The molecule has 5 nitrogen and oxygen atoms in total. The Morgan fingerprint density at radius 1 is 1.32 bits per heavy atom. The molecule has 3 N–H and O–H groups in total. The topological polar surface area (TPSA) is 78.4 Å². The molecule has 2 saturated carbocycles. The van der Waals surface area contributed by atoms with Crippen LogP contribution in [-0.4, -0.2) is 29.2 Å². The zero-order valence-electron chi connectivity index (χ0n) is 11.5. The average Bonchev–Trinajstić information content (AvgIpc) is 2.89. The van der Waals surface area contributed by atoms with Crippen molar-refractivity contribution in [3.05, 3.63) is 0 Å². The van der Waals surface area contributed by atoms with Gasteiger partial charge in [0.05, 0.1) is 0 Å². The van der Waals surface area contributed by atoms with E-state index in [0.29, 0.717) is 24.8 Å². The van der Waals surface area contributed by atoms with Crippen LogP contribution in [0.2, 0.25) is 0 Å². The van der Waals surface area contributed by atoms with Crippen molar-refractivity contribution < 1.29 is 14.7 Å². The number of aliphatic carboxylic acids is 1. The largest absolute Gasteiger partial charge is 0.481 e. The second-order valence-electron chi connectivity index (χ2n) is 6.09. The lowest BCUT2D eigenvalue weighted by Gasteiger charge is -2.24. The summed E-state index contributed by atoms with van der Waals surface area (Å²) >= 11 is 0. The Morgan fingerprint density at radius 3 is 2.68 bits per heavy atom. The SMILES string of the molecule is CC(CCCC(=O)O)NC(=O)NC1CC2CCC1C2. The molecule has 19 heavy (non-hydrogen) atoms. The molecule has 0 aromatic heterocycles. The van der Waals surface area contributed by atoms with E-state index in [-0.39, 0.29) is 18.5 Å². The van der Waals surface area contributed by atoms with E-state index in [1.807, 2.05) is 6.92 Å². The van der Waals surface area contributed by atoms with Gasteiger partial charge in [-0.05, 0) is 50.9 Å². The van der Waals surface area contributed by atoms with Crippen LogP contribution in [0.25, 0.3) is 0 Å². The van der Waals surface area contributed by atoms with Gasteiger partial charge in [-0.1, -0.05) is 6.42 Å². The summed E-state index contributed by atoms with van der Waals surface area (Å²) in [5.41, 5.74) is 0. The van der Waals surface area contributed by atoms with E-state index in [9.17, 15) is 9.59 Å². The zero-order chi connectivity index (χ0) is 13.8. The summed E-state index contributed by atoms with van der Waals surface area (Å²) < 4.78 is 0. The summed E-state index contributed by atoms with van der Waals surface area (Å²) in [5, 5.41) is 14.5. The number of carboxylic acids is 1. The minimum atomic E-state index is -0.779. The number of carbonyl (C=O) groups excluding carboxylic acids is 1. The van der Waals surface area contributed by atoms with Gasteiger partial charge in [0.2, 0.25) is 0 Å². The minimum absolute atomic E-state index is 0.0259. The van der Waals surface area contributed by atoms with Gasteiger partial charge in [0.1, 0.15) is 0 Å². The molecule has 2 aliphatic rings. The summed E-state index contributed by atoms with van der Waals surface area (Å²) in [6, 6.07) is 0.281. The molecule has 0 aromatic carbocycles. The normalized spacial score (nSPS) is 30.1. The number of urea groups is 1. The summed E-state index contributed by atoms with van der Waals surface area (Å²) in [6.07, 6.45) is 6.46. The third kappa shape index (κ3) is 4.11. The third-order valence-corrected chi connectivity index (χ3v) is 4.46. The fourth-order valence-electron chi connectivity index (χ4n) is 3.49. The van der Waals surface area contributed by atoms with E-state index >= 15 is 0 Å². The molecule has 5 heteroatoms. The lowest BCUT2D eigenvalue weighted by molar-refractivity contribution is -0.137. The predicted octanol–water partition coefficient (Wildman–Crippen LogP) is 2.12. The van der Waals surface area contributed by atoms with Crippen molar-refractivity contribution in [1.29, 1.82) is 0 Å². The number of hydrogen-bond acceptors (Lipinski definition) is 2. The maximum Gasteiger partial charge on any atom is 0.315 e. The van der Waals surface area contributed by atoms with Gasteiger partial charge in [-0.3, -0.25) is 4.79 Å². The van der Waals surface area contributed by atoms with Crippen molar-refractivity contribution in [2.45, 2.75) is 64.0 Å². The molecule has 0 spiro atoms. The second kappa shape index (κ2) is 6.26. The van der Waals surface area contributed by atoms with Gasteiger partial charge in [-0.25, -0.2) is 4.79 Å². The van der Waals surface area contributed by atoms with Crippen LogP contribution in [0.1, 0.15) is 51.9 Å². The molecule has 2 fully saturated rings. The van der Waals surface area contributed by atoms with Gasteiger partial charge in [0.25, 0.3) is 0 Å². The number of carboxylic acid groups (broad SMARTS) is 1. The first kappa shape index (κ1) is 14.2. The molecule has 4 unspecified atom stereocenters. The molecule has 2 rings (SSSR count). The van der Waals surface area contributed by atoms with Crippen LogP contribution in [0.3, 0.4) is 0 Å². The Labute approximate surface area is 114 Å². The number of nitrogens with one attached hydrogen (secondary N) is 2. The third-order valence-electron chi connectivity index (χ3n) is 4.46. The molecule has 2 aliphatic carbocycles. The number of hydrogen-bond donors (Lipinski definition) is 3. The highest BCUT2D eigenvalue weighted by Crippen LogP contribution is 2.44. The average molecular weight is 268 g/mol. The summed E-state index contributed by atoms with van der Waals surface area (Å²) in [7, 11) is 0. The highest BCUT2D eigenvalue weighted by atomic mass is 16.4. The van der Waals surface area contributed by atoms with Crippen molar-refractivity contribution >= 4 is 12.0 Å². The molecule has 0 aromatic rings. The van der Waals surface area contributed by atoms with E-state index in [0.717, 1.165) is 12.3 Å². The van der Waals surface area contributed by atoms with E-state index in [1.54, 1.807) is 0 Å². The molecule has 2 bridgehead atoms. The number of carbonyl (C=O) groups is 2. The Bertz CT molecular complexity index is 346. The van der Waals surface area contributed by atoms with Crippen molar-refractivity contribution in [2.75, 3.05) is 0 Å². The molecule has 0 saturated heterocycles. The zero-order valence-corrected chi connectivity index (χ0v) is 11.5. The maximum absolute atomic E-state index is 11.8. The highest BCUT2D eigenvalue weighted by molar-refractivity contribution is 5.74. The van der Waals surface area contributed by atoms with E-state index < -0.39 is 5.97 Å². The van der Waals surface area contributed by atoms with Crippen LogP contribution in [0.15, 0.2) is 0 Å². The fraction of sp³-hybridized carbons (Fsp3) is 0.857. The monoisotopic (exact) mass is 268 g/mol. The van der Waals surface area contributed by atoms with E-state index in [2.05, 4.69) is 10.6 Å². The molecule has 0 aliphatic heterocycles. The first-order valence-corrected chi connectivity index (χ1v) is 7.33. The van der Waals surface area contributed by atoms with Crippen molar-refractivity contribution in [3.63, 3.8) is 0 Å². The Kier molecular flexibility index (Phi) is 4.66. The van der Waals surface area contributed by atoms with Gasteiger partial charge in [0, 0.05) is 18.5 Å². The van der Waals surface area contributed by atoms with E-state index in [4.69, 9.17) is 5.11 Å². The molecule has 2 amide bonds. The van der Waals surface area contributed by atoms with Crippen molar-refractivity contribution in [2.24, 2.45) is 11.8 Å². The Hall–Kier alpha value is -1.26. The van der Waals surface area contributed by atoms with Crippen molar-refractivity contribution in [1.82, 2.24) is 10.6 Å². The van der Waals surface area contributed by atoms with Crippen LogP contribution in [0, 0.1) is 11.8 Å². The number of amides is 2. The van der Waals surface area contributed by atoms with Crippen LogP contribution < -0.4 is 10.6 Å². The van der Waals surface area contributed by atoms with Gasteiger partial charge in [-0.15, -0.1) is 0 Å². The highest BCUT2D eigenvalue weighted by Gasteiger charge is 2.40. The quantitative estimate of drug-likeness (QED) is 0.690. The van der Waals surface area contributed by atoms with Crippen LogP contribution in [0.5, 0.6) is 0 Å². The van der Waals surface area contributed by atoms with Gasteiger partial charge in [-0.2, -0.15) is 0 Å².